The second kappa shape index (κ2) is 2.78. The molecule has 1 heterocycles. The molecule has 2 aromatic rings. The largest absolute Gasteiger partial charge is 0.399 e. The number of hydrogen-bond acceptors (Lipinski definition) is 2. The number of carbonyl (C=O) groups excluding carboxylic acids is 1. The van der Waals surface area contributed by atoms with E-state index in [2.05, 4.69) is 4.98 Å². The van der Waals surface area contributed by atoms with E-state index in [0.717, 1.165) is 17.2 Å². The normalized spacial score (nSPS) is 10.5. The first-order valence-corrected chi connectivity index (χ1v) is 4.11. The SMILES string of the molecule is Nc1cc(Cl)c2[nH]c(C=O)cc2c1. The zero-order valence-corrected chi connectivity index (χ0v) is 7.43. The average Bonchev–Trinajstić information content (AvgIpc) is 2.47. The molecule has 0 aliphatic rings. The van der Waals surface area contributed by atoms with Crippen molar-refractivity contribution in [2.45, 2.75) is 0 Å². The highest BCUT2D eigenvalue weighted by Crippen LogP contribution is 2.26. The number of aldehydes is 1. The summed E-state index contributed by atoms with van der Waals surface area (Å²) in [5, 5.41) is 1.38. The van der Waals surface area contributed by atoms with E-state index in [9.17, 15) is 4.79 Å². The standard InChI is InChI=1S/C9H7ClN2O/c10-8-3-6(11)1-5-2-7(4-13)12-9(5)8/h1-4,12H,11H2. The number of H-pyrrole nitrogens is 1. The smallest absolute Gasteiger partial charge is 0.166 e. The highest BCUT2D eigenvalue weighted by atomic mass is 35.5. The molecule has 0 spiro atoms. The molecule has 3 N–H and O–H groups in total. The van der Waals surface area contributed by atoms with Crippen LogP contribution in [-0.2, 0) is 0 Å². The third kappa shape index (κ3) is 1.27. The zero-order valence-electron chi connectivity index (χ0n) is 6.67. The predicted octanol–water partition coefficient (Wildman–Crippen LogP) is 2.22. The van der Waals surface area contributed by atoms with Crippen LogP contribution in [-0.4, -0.2) is 11.3 Å². The van der Waals surface area contributed by atoms with Crippen molar-refractivity contribution in [3.8, 4) is 0 Å². The van der Waals surface area contributed by atoms with Gasteiger partial charge in [0.1, 0.15) is 0 Å². The lowest BCUT2D eigenvalue weighted by molar-refractivity contribution is 0.112. The van der Waals surface area contributed by atoms with Gasteiger partial charge >= 0.3 is 0 Å². The van der Waals surface area contributed by atoms with Crippen molar-refractivity contribution in [2.75, 3.05) is 5.73 Å². The molecule has 0 fully saturated rings. The highest BCUT2D eigenvalue weighted by molar-refractivity contribution is 6.35. The van der Waals surface area contributed by atoms with Gasteiger partial charge in [0.2, 0.25) is 0 Å². The van der Waals surface area contributed by atoms with Gasteiger partial charge in [-0.3, -0.25) is 4.79 Å². The molecule has 0 saturated heterocycles. The molecule has 13 heavy (non-hydrogen) atoms. The summed E-state index contributed by atoms with van der Waals surface area (Å²) in [5.41, 5.74) is 7.43. The van der Waals surface area contributed by atoms with E-state index in [4.69, 9.17) is 17.3 Å². The molecule has 0 aliphatic heterocycles. The van der Waals surface area contributed by atoms with Crippen LogP contribution in [0.5, 0.6) is 0 Å². The van der Waals surface area contributed by atoms with Crippen LogP contribution < -0.4 is 5.73 Å². The maximum Gasteiger partial charge on any atom is 0.166 e. The molecule has 1 aromatic heterocycles. The van der Waals surface area contributed by atoms with E-state index in [-0.39, 0.29) is 0 Å². The number of fused-ring (bicyclic) bond motifs is 1. The maximum absolute atomic E-state index is 10.5. The molecular weight excluding hydrogens is 188 g/mol. The number of halogens is 1. The molecule has 0 saturated carbocycles. The van der Waals surface area contributed by atoms with Gasteiger partial charge in [0.25, 0.3) is 0 Å². The fraction of sp³-hybridized carbons (Fsp3) is 0. The third-order valence-electron chi connectivity index (χ3n) is 1.85. The number of nitrogens with two attached hydrogens (primary N) is 1. The first-order valence-electron chi connectivity index (χ1n) is 3.73. The van der Waals surface area contributed by atoms with Crippen molar-refractivity contribution >= 4 is 34.5 Å². The predicted molar refractivity (Wildman–Crippen MR) is 53.1 cm³/mol. The van der Waals surface area contributed by atoms with E-state index in [1.165, 1.54) is 0 Å². The van der Waals surface area contributed by atoms with Gasteiger partial charge in [-0.15, -0.1) is 0 Å². The number of aromatic nitrogens is 1. The maximum atomic E-state index is 10.5. The van der Waals surface area contributed by atoms with Crippen molar-refractivity contribution in [3.05, 3.63) is 28.9 Å². The molecular formula is C9H7ClN2O. The Bertz CT molecular complexity index is 476. The van der Waals surface area contributed by atoms with Gasteiger partial charge in [0.15, 0.2) is 6.29 Å². The Morgan fingerprint density at radius 2 is 2.15 bits per heavy atom. The second-order valence-corrected chi connectivity index (χ2v) is 3.22. The summed E-state index contributed by atoms with van der Waals surface area (Å²) in [6, 6.07) is 5.13. The van der Waals surface area contributed by atoms with E-state index in [1.807, 2.05) is 0 Å². The summed E-state index contributed by atoms with van der Waals surface area (Å²) < 4.78 is 0. The number of rotatable bonds is 1. The van der Waals surface area contributed by atoms with Gasteiger partial charge < -0.3 is 10.7 Å². The van der Waals surface area contributed by atoms with Gasteiger partial charge in [0.05, 0.1) is 16.2 Å². The lowest BCUT2D eigenvalue weighted by Gasteiger charge is -1.95. The molecule has 0 unspecified atom stereocenters. The van der Waals surface area contributed by atoms with Gasteiger partial charge in [0, 0.05) is 11.1 Å². The van der Waals surface area contributed by atoms with Crippen LogP contribution in [0.1, 0.15) is 10.5 Å². The minimum atomic E-state index is 0.502. The molecule has 0 atom stereocenters. The molecule has 0 bridgehead atoms. The number of carbonyl (C=O) groups is 1. The number of anilines is 1. The molecule has 1 aromatic carbocycles. The molecule has 4 heteroatoms. The van der Waals surface area contributed by atoms with Gasteiger partial charge in [-0.2, -0.15) is 0 Å². The number of hydrogen-bond donors (Lipinski definition) is 2. The van der Waals surface area contributed by atoms with Crippen LogP contribution in [0.3, 0.4) is 0 Å². The highest BCUT2D eigenvalue weighted by Gasteiger charge is 2.04. The van der Waals surface area contributed by atoms with Crippen molar-refractivity contribution in [2.24, 2.45) is 0 Å². The topological polar surface area (TPSA) is 58.9 Å². The Morgan fingerprint density at radius 3 is 2.85 bits per heavy atom. The average molecular weight is 195 g/mol. The van der Waals surface area contributed by atoms with E-state index in [1.54, 1.807) is 18.2 Å². The lowest BCUT2D eigenvalue weighted by Crippen LogP contribution is -1.83. The zero-order chi connectivity index (χ0) is 9.42. The van der Waals surface area contributed by atoms with Crippen LogP contribution in [0.2, 0.25) is 5.02 Å². The minimum absolute atomic E-state index is 0.502. The quantitative estimate of drug-likeness (QED) is 0.540. The molecule has 0 aliphatic carbocycles. The first-order chi connectivity index (χ1) is 6.20. The van der Waals surface area contributed by atoms with Gasteiger partial charge in [-0.1, -0.05) is 11.6 Å². The third-order valence-corrected chi connectivity index (χ3v) is 2.15. The van der Waals surface area contributed by atoms with Crippen LogP contribution in [0.15, 0.2) is 18.2 Å². The Kier molecular flexibility index (Phi) is 1.74. The number of aromatic amines is 1. The molecule has 0 radical (unpaired) electrons. The van der Waals surface area contributed by atoms with E-state index >= 15 is 0 Å². The van der Waals surface area contributed by atoms with E-state index in [0.29, 0.717) is 16.4 Å². The number of nitrogens with one attached hydrogen (secondary N) is 1. The number of nitrogen functional groups attached to an aromatic ring is 1. The minimum Gasteiger partial charge on any atom is -0.399 e. The Morgan fingerprint density at radius 1 is 1.38 bits per heavy atom. The summed E-state index contributed by atoms with van der Waals surface area (Å²) in [7, 11) is 0. The van der Waals surface area contributed by atoms with Crippen LogP contribution in [0.4, 0.5) is 5.69 Å². The van der Waals surface area contributed by atoms with Crippen LogP contribution in [0, 0.1) is 0 Å². The van der Waals surface area contributed by atoms with Crippen molar-refractivity contribution in [3.63, 3.8) is 0 Å². The van der Waals surface area contributed by atoms with Crippen molar-refractivity contribution < 1.29 is 4.79 Å². The summed E-state index contributed by atoms with van der Waals surface area (Å²) in [6.07, 6.45) is 0.743. The molecule has 3 nitrogen and oxygen atoms in total. The summed E-state index contributed by atoms with van der Waals surface area (Å²) in [6.45, 7) is 0. The lowest BCUT2D eigenvalue weighted by atomic mass is 10.2. The van der Waals surface area contributed by atoms with Crippen molar-refractivity contribution in [1.29, 1.82) is 0 Å². The van der Waals surface area contributed by atoms with E-state index < -0.39 is 0 Å². The van der Waals surface area contributed by atoms with Crippen LogP contribution >= 0.6 is 11.6 Å². The van der Waals surface area contributed by atoms with Crippen molar-refractivity contribution in [1.82, 2.24) is 4.98 Å². The monoisotopic (exact) mass is 194 g/mol. The van der Waals surface area contributed by atoms with Gasteiger partial charge in [-0.25, -0.2) is 0 Å². The summed E-state index contributed by atoms with van der Waals surface area (Å²) in [5.74, 6) is 0. The fourth-order valence-electron chi connectivity index (χ4n) is 1.31. The second-order valence-electron chi connectivity index (χ2n) is 2.81. The Labute approximate surface area is 79.5 Å². The van der Waals surface area contributed by atoms with Gasteiger partial charge in [-0.05, 0) is 18.2 Å². The molecule has 2 rings (SSSR count). The molecule has 0 amide bonds. The first kappa shape index (κ1) is 8.13. The number of benzene rings is 1. The van der Waals surface area contributed by atoms with Crippen LogP contribution in [0.25, 0.3) is 10.9 Å². The fourth-order valence-corrected chi connectivity index (χ4v) is 1.59. The summed E-state index contributed by atoms with van der Waals surface area (Å²) in [4.78, 5) is 13.4. The molecule has 66 valence electrons. The Balaban J connectivity index is 2.82. The summed E-state index contributed by atoms with van der Waals surface area (Å²) >= 11 is 5.91. The Hall–Kier alpha value is -1.48.